The van der Waals surface area contributed by atoms with E-state index in [1.165, 1.54) is 15.6 Å². The van der Waals surface area contributed by atoms with Crippen molar-refractivity contribution in [1.82, 2.24) is 9.21 Å². The molecule has 1 fully saturated rings. The summed E-state index contributed by atoms with van der Waals surface area (Å²) in [6.45, 7) is 9.48. The first-order valence-electron chi connectivity index (χ1n) is 11.0. The number of esters is 1. The summed E-state index contributed by atoms with van der Waals surface area (Å²) in [6.07, 6.45) is 2.75. The van der Waals surface area contributed by atoms with E-state index in [2.05, 4.69) is 12.2 Å². The predicted molar refractivity (Wildman–Crippen MR) is 122 cm³/mol. The van der Waals surface area contributed by atoms with Gasteiger partial charge in [0.1, 0.15) is 5.00 Å². The first-order chi connectivity index (χ1) is 14.7. The number of anilines is 1. The average molecular weight is 472 g/mol. The molecule has 0 radical (unpaired) electrons. The zero-order chi connectivity index (χ0) is 22.8. The Bertz CT molecular complexity index is 920. The van der Waals surface area contributed by atoms with Crippen LogP contribution in [0.3, 0.4) is 0 Å². The molecule has 10 heteroatoms. The van der Waals surface area contributed by atoms with Crippen LogP contribution in [0.15, 0.2) is 0 Å². The summed E-state index contributed by atoms with van der Waals surface area (Å²) < 4.78 is 30.9. The molecule has 0 aromatic carbocycles. The Hall–Kier alpha value is -1.49. The summed E-state index contributed by atoms with van der Waals surface area (Å²) in [5, 5.41) is 3.55. The first kappa shape index (κ1) is 24.2. The van der Waals surface area contributed by atoms with Crippen molar-refractivity contribution in [1.29, 1.82) is 0 Å². The van der Waals surface area contributed by atoms with Crippen LogP contribution in [0.4, 0.5) is 5.00 Å². The fourth-order valence-corrected chi connectivity index (χ4v) is 6.68. The minimum absolute atomic E-state index is 0.0847. The number of sulfonamides is 1. The van der Waals surface area contributed by atoms with Gasteiger partial charge in [0.2, 0.25) is 15.9 Å². The Morgan fingerprint density at radius 1 is 1.23 bits per heavy atom. The highest BCUT2D eigenvalue weighted by molar-refractivity contribution is 7.89. The number of hydrogen-bond donors (Lipinski definition) is 1. The molecule has 1 amide bonds. The van der Waals surface area contributed by atoms with Gasteiger partial charge in [-0.05, 0) is 51.5 Å². The van der Waals surface area contributed by atoms with Crippen LogP contribution >= 0.6 is 11.3 Å². The van der Waals surface area contributed by atoms with Gasteiger partial charge in [-0.2, -0.15) is 4.31 Å². The highest BCUT2D eigenvalue weighted by Crippen LogP contribution is 2.40. The number of nitrogens with zero attached hydrogens (tertiary/aromatic N) is 2. The minimum atomic E-state index is -3.21. The SMILES string of the molecule is CCOC(=O)c1c(NC(=O)C(C)N2CCN(S(=O)(=O)CC)CC2)sc2c1CCC(C)C2. The number of amides is 1. The van der Waals surface area contributed by atoms with Gasteiger partial charge >= 0.3 is 5.97 Å². The van der Waals surface area contributed by atoms with Crippen LogP contribution in [-0.2, 0) is 32.4 Å². The van der Waals surface area contributed by atoms with Crippen molar-refractivity contribution in [3.63, 3.8) is 0 Å². The maximum absolute atomic E-state index is 13.0. The van der Waals surface area contributed by atoms with Crippen LogP contribution in [0.1, 0.15) is 54.9 Å². The third kappa shape index (κ3) is 5.30. The van der Waals surface area contributed by atoms with Gasteiger partial charge in [0.05, 0.1) is 24.0 Å². The number of thiophene rings is 1. The second-order valence-electron chi connectivity index (χ2n) is 8.28. The highest BCUT2D eigenvalue weighted by Gasteiger charge is 2.33. The number of carbonyl (C=O) groups excluding carboxylic acids is 2. The van der Waals surface area contributed by atoms with Crippen molar-refractivity contribution >= 4 is 38.2 Å². The summed E-state index contributed by atoms with van der Waals surface area (Å²) in [6, 6.07) is -0.431. The molecule has 0 spiro atoms. The van der Waals surface area contributed by atoms with Crippen molar-refractivity contribution < 1.29 is 22.7 Å². The second kappa shape index (κ2) is 9.97. The predicted octanol–water partition coefficient (Wildman–Crippen LogP) is 2.34. The lowest BCUT2D eigenvalue weighted by Crippen LogP contribution is -2.54. The van der Waals surface area contributed by atoms with E-state index < -0.39 is 16.1 Å². The fourth-order valence-electron chi connectivity index (χ4n) is 4.19. The lowest BCUT2D eigenvalue weighted by Gasteiger charge is -2.36. The summed E-state index contributed by atoms with van der Waals surface area (Å²) in [4.78, 5) is 28.8. The normalized spacial score (nSPS) is 21.4. The summed E-state index contributed by atoms with van der Waals surface area (Å²) >= 11 is 1.48. The van der Waals surface area contributed by atoms with Gasteiger partial charge in [-0.1, -0.05) is 6.92 Å². The number of fused-ring (bicyclic) bond motifs is 1. The minimum Gasteiger partial charge on any atom is -0.462 e. The van der Waals surface area contributed by atoms with Crippen LogP contribution < -0.4 is 5.32 Å². The molecule has 2 aliphatic rings. The fraction of sp³-hybridized carbons (Fsp3) is 0.714. The number of ether oxygens (including phenoxy) is 1. The smallest absolute Gasteiger partial charge is 0.341 e. The molecule has 3 rings (SSSR count). The Balaban J connectivity index is 1.72. The van der Waals surface area contributed by atoms with E-state index >= 15 is 0 Å². The van der Waals surface area contributed by atoms with Crippen molar-refractivity contribution in [2.45, 2.75) is 53.0 Å². The molecule has 174 valence electrons. The number of nitrogens with one attached hydrogen (secondary N) is 1. The van der Waals surface area contributed by atoms with Gasteiger partial charge in [0.15, 0.2) is 0 Å². The molecule has 1 aliphatic heterocycles. The highest BCUT2D eigenvalue weighted by atomic mass is 32.2. The van der Waals surface area contributed by atoms with E-state index in [1.807, 2.05) is 11.8 Å². The summed E-state index contributed by atoms with van der Waals surface area (Å²) in [7, 11) is -3.21. The van der Waals surface area contributed by atoms with E-state index in [4.69, 9.17) is 4.74 Å². The topological polar surface area (TPSA) is 96.0 Å². The van der Waals surface area contributed by atoms with Gasteiger partial charge < -0.3 is 10.1 Å². The zero-order valence-electron chi connectivity index (χ0n) is 18.8. The van der Waals surface area contributed by atoms with E-state index in [-0.39, 0.29) is 24.2 Å². The molecule has 1 aromatic heterocycles. The van der Waals surface area contributed by atoms with Crippen LogP contribution in [-0.4, -0.2) is 74.1 Å². The molecular weight excluding hydrogens is 438 g/mol. The maximum atomic E-state index is 13.0. The largest absolute Gasteiger partial charge is 0.462 e. The van der Waals surface area contributed by atoms with Gasteiger partial charge in [-0.3, -0.25) is 9.69 Å². The third-order valence-corrected chi connectivity index (χ3v) is 9.24. The van der Waals surface area contributed by atoms with E-state index in [1.54, 1.807) is 13.8 Å². The standard InChI is InChI=1S/C21H33N3O5S2/c1-5-29-21(26)18-16-8-7-14(3)13-17(16)30-20(18)22-19(25)15(4)23-9-11-24(12-10-23)31(27,28)6-2/h14-15H,5-13H2,1-4H3,(H,22,25). The molecule has 31 heavy (non-hydrogen) atoms. The second-order valence-corrected chi connectivity index (χ2v) is 11.6. The Morgan fingerprint density at radius 3 is 2.52 bits per heavy atom. The van der Waals surface area contributed by atoms with Gasteiger partial charge in [-0.25, -0.2) is 13.2 Å². The molecule has 1 aliphatic carbocycles. The number of hydrogen-bond acceptors (Lipinski definition) is 7. The lowest BCUT2D eigenvalue weighted by molar-refractivity contribution is -0.121. The maximum Gasteiger partial charge on any atom is 0.341 e. The van der Waals surface area contributed by atoms with Crippen molar-refractivity contribution in [3.05, 3.63) is 16.0 Å². The van der Waals surface area contributed by atoms with Crippen molar-refractivity contribution in [2.24, 2.45) is 5.92 Å². The first-order valence-corrected chi connectivity index (χ1v) is 13.4. The van der Waals surface area contributed by atoms with Crippen LogP contribution in [0.2, 0.25) is 0 Å². The van der Waals surface area contributed by atoms with Crippen molar-refractivity contribution in [3.8, 4) is 0 Å². The molecule has 2 unspecified atom stereocenters. The summed E-state index contributed by atoms with van der Waals surface area (Å²) in [5.74, 6) is 0.0701. The Morgan fingerprint density at radius 2 is 1.90 bits per heavy atom. The van der Waals surface area contributed by atoms with Crippen LogP contribution in [0, 0.1) is 5.92 Å². The van der Waals surface area contributed by atoms with E-state index in [0.717, 1.165) is 29.7 Å². The molecule has 0 saturated carbocycles. The number of rotatable bonds is 7. The van der Waals surface area contributed by atoms with Crippen LogP contribution in [0.5, 0.6) is 0 Å². The quantitative estimate of drug-likeness (QED) is 0.613. The molecular formula is C21H33N3O5S2. The Labute approximate surface area is 189 Å². The molecule has 1 N–H and O–H groups in total. The molecule has 2 atom stereocenters. The molecule has 1 saturated heterocycles. The molecule has 0 bridgehead atoms. The molecule has 2 heterocycles. The van der Waals surface area contributed by atoms with Gasteiger partial charge in [-0.15, -0.1) is 11.3 Å². The van der Waals surface area contributed by atoms with E-state index in [9.17, 15) is 18.0 Å². The van der Waals surface area contributed by atoms with Gasteiger partial charge in [0.25, 0.3) is 0 Å². The summed E-state index contributed by atoms with van der Waals surface area (Å²) in [5.41, 5.74) is 1.52. The van der Waals surface area contributed by atoms with Gasteiger partial charge in [0, 0.05) is 31.1 Å². The lowest BCUT2D eigenvalue weighted by atomic mass is 9.88. The Kier molecular flexibility index (Phi) is 7.77. The van der Waals surface area contributed by atoms with Crippen molar-refractivity contribution in [2.75, 3.05) is 43.9 Å². The zero-order valence-corrected chi connectivity index (χ0v) is 20.4. The number of piperazine rings is 1. The number of carbonyl (C=O) groups is 2. The third-order valence-electron chi connectivity index (χ3n) is 6.19. The molecule has 1 aromatic rings. The monoisotopic (exact) mass is 471 g/mol. The van der Waals surface area contributed by atoms with E-state index in [0.29, 0.717) is 42.7 Å². The van der Waals surface area contributed by atoms with Crippen LogP contribution in [0.25, 0.3) is 0 Å². The molecule has 8 nitrogen and oxygen atoms in total. The average Bonchev–Trinajstić information content (AvgIpc) is 3.10.